The molecule has 1 atom stereocenters. The lowest BCUT2D eigenvalue weighted by molar-refractivity contribution is -0.121. The molecule has 0 saturated heterocycles. The van der Waals surface area contributed by atoms with Crippen LogP contribution in [0, 0.1) is 13.8 Å². The minimum absolute atomic E-state index is 0. The summed E-state index contributed by atoms with van der Waals surface area (Å²) in [6.07, 6.45) is 1.21. The number of rotatable bonds is 8. The molecule has 142 valence electrons. The minimum atomic E-state index is -0.0827. The lowest BCUT2D eigenvalue weighted by Crippen LogP contribution is -2.31. The van der Waals surface area contributed by atoms with Crippen LogP contribution in [0.25, 0.3) is 0 Å². The Bertz CT molecular complexity index is 699. The maximum atomic E-state index is 12.3. The molecule has 2 N–H and O–H groups in total. The van der Waals surface area contributed by atoms with E-state index in [9.17, 15) is 4.79 Å². The topological polar surface area (TPSA) is 50.4 Å². The third-order valence-corrected chi connectivity index (χ3v) is 4.15. The van der Waals surface area contributed by atoms with E-state index in [-0.39, 0.29) is 24.4 Å². The molecule has 0 aliphatic rings. The highest BCUT2D eigenvalue weighted by Gasteiger charge is 2.16. The van der Waals surface area contributed by atoms with Crippen molar-refractivity contribution in [1.82, 2.24) is 10.6 Å². The number of benzene rings is 2. The van der Waals surface area contributed by atoms with Crippen molar-refractivity contribution in [2.24, 2.45) is 0 Å². The van der Waals surface area contributed by atoms with Gasteiger partial charge in [0.25, 0.3) is 0 Å². The molecule has 0 aliphatic heterocycles. The van der Waals surface area contributed by atoms with Gasteiger partial charge in [0.05, 0.1) is 13.2 Å². The average Bonchev–Trinajstić information content (AvgIpc) is 2.58. The quantitative estimate of drug-likeness (QED) is 0.737. The number of nitrogens with one attached hydrogen (secondary N) is 2. The van der Waals surface area contributed by atoms with Crippen LogP contribution in [0.15, 0.2) is 42.5 Å². The number of aryl methyl sites for hydroxylation is 2. The van der Waals surface area contributed by atoms with Crippen LogP contribution in [0.5, 0.6) is 5.75 Å². The van der Waals surface area contributed by atoms with E-state index in [4.69, 9.17) is 4.74 Å². The molecular weight excluding hydrogens is 348 g/mol. The van der Waals surface area contributed by atoms with Crippen molar-refractivity contribution in [3.8, 4) is 5.75 Å². The first-order valence-corrected chi connectivity index (χ1v) is 8.67. The first kappa shape index (κ1) is 22.0. The van der Waals surface area contributed by atoms with Gasteiger partial charge in [0.15, 0.2) is 0 Å². The molecule has 1 unspecified atom stereocenters. The van der Waals surface area contributed by atoms with Crippen molar-refractivity contribution in [2.75, 3.05) is 20.7 Å². The second-order valence-corrected chi connectivity index (χ2v) is 6.45. The molecule has 0 aliphatic carbocycles. The predicted molar refractivity (Wildman–Crippen MR) is 109 cm³/mol. The van der Waals surface area contributed by atoms with E-state index in [1.165, 1.54) is 16.7 Å². The van der Waals surface area contributed by atoms with Crippen LogP contribution in [0.1, 0.15) is 34.7 Å². The van der Waals surface area contributed by atoms with Crippen LogP contribution in [0.3, 0.4) is 0 Å². The number of hydrogen-bond acceptors (Lipinski definition) is 3. The molecular formula is C21H29ClN2O2. The summed E-state index contributed by atoms with van der Waals surface area (Å²) in [7, 11) is 3.51. The first-order valence-electron chi connectivity index (χ1n) is 8.67. The molecule has 2 rings (SSSR count). The third kappa shape index (κ3) is 6.70. The smallest absolute Gasteiger partial charge is 0.221 e. The van der Waals surface area contributed by atoms with Crippen molar-refractivity contribution >= 4 is 18.3 Å². The molecule has 2 aromatic rings. The van der Waals surface area contributed by atoms with Crippen LogP contribution in [-0.2, 0) is 11.2 Å². The number of amides is 1. The Morgan fingerprint density at radius 2 is 1.81 bits per heavy atom. The standard InChI is InChI=1S/C21H28N2O2.ClH/c1-15-10-16(2)12-17(11-15)13-20(23-21(24)8-9-22-3)18-6-5-7-19(14-18)25-4;/h5-7,10-12,14,20,22H,8-9,13H2,1-4H3,(H,23,24);1H. The van der Waals surface area contributed by atoms with Crippen molar-refractivity contribution in [2.45, 2.75) is 32.7 Å². The summed E-state index contributed by atoms with van der Waals surface area (Å²) in [5.41, 5.74) is 4.75. The summed E-state index contributed by atoms with van der Waals surface area (Å²) >= 11 is 0. The average molecular weight is 377 g/mol. The molecule has 0 saturated carbocycles. The van der Waals surface area contributed by atoms with E-state index in [0.29, 0.717) is 13.0 Å². The number of carbonyl (C=O) groups is 1. The zero-order valence-corrected chi connectivity index (χ0v) is 16.8. The second kappa shape index (κ2) is 10.8. The van der Waals surface area contributed by atoms with Gasteiger partial charge in [-0.15, -0.1) is 12.4 Å². The molecule has 0 heterocycles. The molecule has 0 radical (unpaired) electrons. The first-order chi connectivity index (χ1) is 12.0. The summed E-state index contributed by atoms with van der Waals surface area (Å²) < 4.78 is 5.34. The SMILES string of the molecule is CNCCC(=O)NC(Cc1cc(C)cc(C)c1)c1cccc(OC)c1.Cl. The maximum Gasteiger partial charge on any atom is 0.221 e. The van der Waals surface area contributed by atoms with Gasteiger partial charge < -0.3 is 15.4 Å². The fourth-order valence-electron chi connectivity index (χ4n) is 3.04. The molecule has 5 heteroatoms. The fourth-order valence-corrected chi connectivity index (χ4v) is 3.04. The molecule has 4 nitrogen and oxygen atoms in total. The fraction of sp³-hybridized carbons (Fsp3) is 0.381. The Hall–Kier alpha value is -2.04. The van der Waals surface area contributed by atoms with Gasteiger partial charge >= 0.3 is 0 Å². The van der Waals surface area contributed by atoms with E-state index < -0.39 is 0 Å². The van der Waals surface area contributed by atoms with Gasteiger partial charge in [0.1, 0.15) is 5.75 Å². The Labute approximate surface area is 162 Å². The Morgan fingerprint density at radius 3 is 2.42 bits per heavy atom. The van der Waals surface area contributed by atoms with Gasteiger partial charge in [-0.2, -0.15) is 0 Å². The van der Waals surface area contributed by atoms with Crippen LogP contribution in [-0.4, -0.2) is 26.6 Å². The number of hydrogen-bond donors (Lipinski definition) is 2. The van der Waals surface area contributed by atoms with Crippen molar-refractivity contribution in [3.63, 3.8) is 0 Å². The second-order valence-electron chi connectivity index (χ2n) is 6.45. The molecule has 0 fully saturated rings. The zero-order chi connectivity index (χ0) is 18.2. The zero-order valence-electron chi connectivity index (χ0n) is 16.0. The molecule has 26 heavy (non-hydrogen) atoms. The summed E-state index contributed by atoms with van der Waals surface area (Å²) in [6.45, 7) is 4.87. The third-order valence-electron chi connectivity index (χ3n) is 4.15. The van der Waals surface area contributed by atoms with Gasteiger partial charge in [-0.3, -0.25) is 4.79 Å². The summed E-state index contributed by atoms with van der Waals surface area (Å²) in [5.74, 6) is 0.846. The molecule has 2 aromatic carbocycles. The van der Waals surface area contributed by atoms with Crippen molar-refractivity contribution in [3.05, 3.63) is 64.7 Å². The van der Waals surface area contributed by atoms with Gasteiger partial charge in [-0.05, 0) is 50.6 Å². The van der Waals surface area contributed by atoms with E-state index in [1.54, 1.807) is 7.11 Å². The predicted octanol–water partition coefficient (Wildman–Crippen LogP) is 3.74. The lowest BCUT2D eigenvalue weighted by Gasteiger charge is -2.21. The highest BCUT2D eigenvalue weighted by atomic mass is 35.5. The van der Waals surface area contributed by atoms with Gasteiger partial charge in [0.2, 0.25) is 5.91 Å². The Kier molecular flexibility index (Phi) is 9.17. The van der Waals surface area contributed by atoms with Crippen molar-refractivity contribution < 1.29 is 9.53 Å². The number of halogens is 1. The van der Waals surface area contributed by atoms with Crippen LogP contribution >= 0.6 is 12.4 Å². The molecule has 0 bridgehead atoms. The number of methoxy groups -OCH3 is 1. The van der Waals surface area contributed by atoms with Gasteiger partial charge in [0, 0.05) is 13.0 Å². The van der Waals surface area contributed by atoms with Gasteiger partial charge in [-0.1, -0.05) is 41.5 Å². The summed E-state index contributed by atoms with van der Waals surface area (Å²) in [5, 5.41) is 6.19. The molecule has 1 amide bonds. The normalized spacial score (nSPS) is 11.4. The largest absolute Gasteiger partial charge is 0.497 e. The molecule has 0 aromatic heterocycles. The van der Waals surface area contributed by atoms with Gasteiger partial charge in [-0.25, -0.2) is 0 Å². The van der Waals surface area contributed by atoms with E-state index in [2.05, 4.69) is 42.7 Å². The van der Waals surface area contributed by atoms with Crippen LogP contribution < -0.4 is 15.4 Å². The van der Waals surface area contributed by atoms with E-state index in [0.717, 1.165) is 17.7 Å². The highest BCUT2D eigenvalue weighted by molar-refractivity contribution is 5.85. The highest BCUT2D eigenvalue weighted by Crippen LogP contribution is 2.24. The van der Waals surface area contributed by atoms with Crippen LogP contribution in [0.2, 0.25) is 0 Å². The molecule has 0 spiro atoms. The Balaban J connectivity index is 0.00000338. The lowest BCUT2D eigenvalue weighted by atomic mass is 9.96. The monoisotopic (exact) mass is 376 g/mol. The summed E-state index contributed by atoms with van der Waals surface area (Å²) in [6, 6.07) is 14.3. The van der Waals surface area contributed by atoms with Crippen molar-refractivity contribution in [1.29, 1.82) is 0 Å². The maximum absolute atomic E-state index is 12.3. The van der Waals surface area contributed by atoms with E-state index in [1.807, 2.05) is 31.3 Å². The minimum Gasteiger partial charge on any atom is -0.497 e. The van der Waals surface area contributed by atoms with E-state index >= 15 is 0 Å². The van der Waals surface area contributed by atoms with Crippen LogP contribution in [0.4, 0.5) is 0 Å². The Morgan fingerprint density at radius 1 is 1.12 bits per heavy atom. The summed E-state index contributed by atoms with van der Waals surface area (Å²) in [4.78, 5) is 12.3. The number of ether oxygens (including phenoxy) is 1. The number of carbonyl (C=O) groups excluding carboxylic acids is 1.